The van der Waals surface area contributed by atoms with E-state index in [9.17, 15) is 0 Å². The van der Waals surface area contributed by atoms with Crippen molar-refractivity contribution in [3.05, 3.63) is 151 Å². The Morgan fingerprint density at radius 2 is 0.500 bits per heavy atom. The van der Waals surface area contributed by atoms with Crippen molar-refractivity contribution in [2.45, 2.75) is 39.5 Å². The molecule has 8 rings (SSSR count). The monoisotopic (exact) mass is 703 g/mol. The van der Waals surface area contributed by atoms with Crippen LogP contribution in [0.15, 0.2) is 140 Å². The minimum atomic E-state index is 0.162. The van der Waals surface area contributed by atoms with E-state index in [4.69, 9.17) is 44.9 Å². The summed E-state index contributed by atoms with van der Waals surface area (Å²) in [5, 5.41) is 0. The van der Waals surface area contributed by atoms with E-state index in [1.165, 1.54) is 0 Å². The maximum absolute atomic E-state index is 5.06. The largest absolute Gasteiger partial charge is 0.217 e. The zero-order valence-corrected chi connectivity index (χ0v) is 30.5. The number of benzene rings is 5. The van der Waals surface area contributed by atoms with E-state index in [1.807, 2.05) is 140 Å². The first-order valence-electron chi connectivity index (χ1n) is 18.0. The molecule has 0 aliphatic heterocycles. The van der Waals surface area contributed by atoms with Crippen LogP contribution in [0.5, 0.6) is 0 Å². The number of rotatable bonds is 9. The topological polar surface area (TPSA) is 116 Å². The van der Waals surface area contributed by atoms with Gasteiger partial charge < -0.3 is 0 Å². The average molecular weight is 704 g/mol. The molecule has 0 bridgehead atoms. The molecule has 9 nitrogen and oxygen atoms in total. The molecule has 54 heavy (non-hydrogen) atoms. The Kier molecular flexibility index (Phi) is 9.51. The van der Waals surface area contributed by atoms with Gasteiger partial charge in [0.25, 0.3) is 0 Å². The Bertz CT molecular complexity index is 2470. The van der Waals surface area contributed by atoms with E-state index < -0.39 is 0 Å². The standard InChI is InChI=1S/C45H37N9/c1-28(2)37-46-38(29(3)4)48-42(47-37)33-22-14-24-35(26-33)44-52-41(32-20-12-7-13-21-32)53-45(54-44)36-25-15-23-34(27-36)43-50-39(30-16-8-5-9-17-30)49-40(51-43)31-18-10-6-11-19-31/h5-29H,1-4H3. The third-order valence-corrected chi connectivity index (χ3v) is 8.83. The van der Waals surface area contributed by atoms with Crippen LogP contribution in [-0.2, 0) is 0 Å². The first kappa shape index (κ1) is 34.2. The molecule has 0 aliphatic carbocycles. The number of hydrogen-bond donors (Lipinski definition) is 0. The average Bonchev–Trinajstić information content (AvgIpc) is 3.24. The van der Waals surface area contributed by atoms with Crippen molar-refractivity contribution in [2.24, 2.45) is 0 Å². The highest BCUT2D eigenvalue weighted by molar-refractivity contribution is 5.73. The lowest BCUT2D eigenvalue weighted by atomic mass is 10.1. The second-order valence-corrected chi connectivity index (χ2v) is 13.6. The molecule has 0 aliphatic rings. The first-order chi connectivity index (χ1) is 26.4. The quantitative estimate of drug-likeness (QED) is 0.145. The molecule has 5 aromatic carbocycles. The lowest BCUT2D eigenvalue weighted by molar-refractivity contribution is 0.697. The van der Waals surface area contributed by atoms with Gasteiger partial charge in [-0.3, -0.25) is 0 Å². The fraction of sp³-hybridized carbons (Fsp3) is 0.133. The first-order valence-corrected chi connectivity index (χ1v) is 18.0. The fourth-order valence-corrected chi connectivity index (χ4v) is 5.94. The normalized spacial score (nSPS) is 11.3. The van der Waals surface area contributed by atoms with Gasteiger partial charge in [0, 0.05) is 50.8 Å². The Morgan fingerprint density at radius 3 is 0.778 bits per heavy atom. The number of hydrogen-bond acceptors (Lipinski definition) is 9. The Hall–Kier alpha value is -6.87. The molecular weight excluding hydrogens is 667 g/mol. The van der Waals surface area contributed by atoms with E-state index in [-0.39, 0.29) is 11.8 Å². The van der Waals surface area contributed by atoms with Crippen LogP contribution in [0, 0.1) is 0 Å². The lowest BCUT2D eigenvalue weighted by Gasteiger charge is -2.12. The highest BCUT2D eigenvalue weighted by Crippen LogP contribution is 2.31. The fourth-order valence-electron chi connectivity index (χ4n) is 5.94. The van der Waals surface area contributed by atoms with Gasteiger partial charge in [0.05, 0.1) is 0 Å². The summed E-state index contributed by atoms with van der Waals surface area (Å²) < 4.78 is 0. The Labute approximate surface area is 314 Å². The van der Waals surface area contributed by atoms with Crippen LogP contribution in [0.2, 0.25) is 0 Å². The molecule has 0 atom stereocenters. The minimum Gasteiger partial charge on any atom is -0.217 e. The molecule has 0 unspecified atom stereocenters. The van der Waals surface area contributed by atoms with Gasteiger partial charge in [0.1, 0.15) is 11.6 Å². The molecule has 0 amide bonds. The molecule has 0 radical (unpaired) electrons. The van der Waals surface area contributed by atoms with Crippen molar-refractivity contribution in [3.8, 4) is 79.7 Å². The van der Waals surface area contributed by atoms with Crippen LogP contribution >= 0.6 is 0 Å². The molecule has 262 valence electrons. The predicted octanol–water partition coefficient (Wildman–Crippen LogP) is 10.2. The molecule has 0 N–H and O–H groups in total. The van der Waals surface area contributed by atoms with E-state index in [0.29, 0.717) is 40.8 Å². The van der Waals surface area contributed by atoms with Crippen LogP contribution in [0.4, 0.5) is 0 Å². The van der Waals surface area contributed by atoms with Gasteiger partial charge in [-0.2, -0.15) is 0 Å². The van der Waals surface area contributed by atoms with Crippen LogP contribution in [0.3, 0.4) is 0 Å². The Balaban J connectivity index is 1.25. The molecule has 0 saturated carbocycles. The maximum atomic E-state index is 5.06. The molecule has 3 aromatic heterocycles. The predicted molar refractivity (Wildman–Crippen MR) is 213 cm³/mol. The highest BCUT2D eigenvalue weighted by Gasteiger charge is 2.18. The number of nitrogens with zero attached hydrogens (tertiary/aromatic N) is 9. The molecular formula is C45H37N9. The molecule has 3 heterocycles. The third kappa shape index (κ3) is 7.38. The van der Waals surface area contributed by atoms with E-state index in [2.05, 4.69) is 27.7 Å². The van der Waals surface area contributed by atoms with Gasteiger partial charge in [-0.15, -0.1) is 0 Å². The molecule has 0 saturated heterocycles. The summed E-state index contributed by atoms with van der Waals surface area (Å²) in [7, 11) is 0. The van der Waals surface area contributed by atoms with Crippen LogP contribution in [0.1, 0.15) is 51.2 Å². The summed E-state index contributed by atoms with van der Waals surface area (Å²) in [6.07, 6.45) is 0. The van der Waals surface area contributed by atoms with Crippen molar-refractivity contribution < 1.29 is 0 Å². The van der Waals surface area contributed by atoms with Gasteiger partial charge in [-0.25, -0.2) is 44.9 Å². The number of aromatic nitrogens is 9. The van der Waals surface area contributed by atoms with Crippen molar-refractivity contribution in [3.63, 3.8) is 0 Å². The molecule has 0 spiro atoms. The molecule has 9 heteroatoms. The zero-order valence-electron chi connectivity index (χ0n) is 30.5. The summed E-state index contributed by atoms with van der Waals surface area (Å²) >= 11 is 0. The van der Waals surface area contributed by atoms with Crippen LogP contribution in [-0.4, -0.2) is 44.9 Å². The van der Waals surface area contributed by atoms with Gasteiger partial charge >= 0.3 is 0 Å². The van der Waals surface area contributed by atoms with Crippen molar-refractivity contribution in [1.29, 1.82) is 0 Å². The third-order valence-electron chi connectivity index (χ3n) is 8.83. The SMILES string of the molecule is CC(C)c1nc(-c2cccc(-c3nc(-c4ccccc4)nc(-c4cccc(-c5nc(-c6ccccc6)nc(-c6ccccc6)n5)c4)n3)c2)nc(C(C)C)n1. The lowest BCUT2D eigenvalue weighted by Crippen LogP contribution is -2.08. The zero-order chi connectivity index (χ0) is 37.0. The maximum Gasteiger partial charge on any atom is 0.164 e. The van der Waals surface area contributed by atoms with Crippen LogP contribution < -0.4 is 0 Å². The van der Waals surface area contributed by atoms with Gasteiger partial charge in [-0.05, 0) is 12.1 Å². The van der Waals surface area contributed by atoms with E-state index in [0.717, 1.165) is 50.6 Å². The van der Waals surface area contributed by atoms with Crippen molar-refractivity contribution in [2.75, 3.05) is 0 Å². The second kappa shape index (κ2) is 15.0. The van der Waals surface area contributed by atoms with Gasteiger partial charge in [0.15, 0.2) is 40.8 Å². The summed E-state index contributed by atoms with van der Waals surface area (Å²) in [4.78, 5) is 44.2. The van der Waals surface area contributed by atoms with Gasteiger partial charge in [-0.1, -0.05) is 155 Å². The Morgan fingerprint density at radius 1 is 0.259 bits per heavy atom. The molecule has 8 aromatic rings. The molecule has 0 fully saturated rings. The van der Waals surface area contributed by atoms with Crippen molar-refractivity contribution >= 4 is 0 Å². The van der Waals surface area contributed by atoms with Crippen molar-refractivity contribution in [1.82, 2.24) is 44.9 Å². The minimum absolute atomic E-state index is 0.162. The van der Waals surface area contributed by atoms with Gasteiger partial charge in [0.2, 0.25) is 0 Å². The van der Waals surface area contributed by atoms with E-state index >= 15 is 0 Å². The summed E-state index contributed by atoms with van der Waals surface area (Å²) in [6, 6.07) is 45.9. The van der Waals surface area contributed by atoms with E-state index in [1.54, 1.807) is 0 Å². The summed E-state index contributed by atoms with van der Waals surface area (Å²) in [5.41, 5.74) is 5.99. The smallest absolute Gasteiger partial charge is 0.164 e. The summed E-state index contributed by atoms with van der Waals surface area (Å²) in [5.74, 6) is 5.86. The second-order valence-electron chi connectivity index (χ2n) is 13.6. The highest BCUT2D eigenvalue weighted by atomic mass is 15.1. The summed E-state index contributed by atoms with van der Waals surface area (Å²) in [6.45, 7) is 8.38. The van der Waals surface area contributed by atoms with Crippen LogP contribution in [0.25, 0.3) is 79.7 Å².